The quantitative estimate of drug-likeness (QED) is 0.417. The average Bonchev–Trinajstić information content (AvgIpc) is 3.08. The first-order valence-electron chi connectivity index (χ1n) is 9.54. The van der Waals surface area contributed by atoms with Gasteiger partial charge in [0.1, 0.15) is 12.4 Å². The molecule has 0 amide bonds. The summed E-state index contributed by atoms with van der Waals surface area (Å²) in [5.74, 6) is 2.83. The maximum absolute atomic E-state index is 6.23. The summed E-state index contributed by atoms with van der Waals surface area (Å²) < 4.78 is 2.21. The third kappa shape index (κ3) is 5.59. The number of halogens is 2. The second kappa shape index (κ2) is 9.95. The minimum absolute atomic E-state index is 0.533. The highest BCUT2D eigenvalue weighted by atomic mass is 35.5. The van der Waals surface area contributed by atoms with E-state index in [1.54, 1.807) is 6.07 Å². The van der Waals surface area contributed by atoms with Gasteiger partial charge in [-0.1, -0.05) is 29.3 Å². The first-order chi connectivity index (χ1) is 13.2. The van der Waals surface area contributed by atoms with Crippen molar-refractivity contribution in [1.82, 2.24) is 25.4 Å². The molecule has 0 saturated carbocycles. The van der Waals surface area contributed by atoms with Crippen LogP contribution in [0, 0.1) is 0 Å². The number of hydrogen-bond donors (Lipinski definition) is 2. The van der Waals surface area contributed by atoms with E-state index < -0.39 is 0 Å². The number of nitrogens with one attached hydrogen (secondary N) is 2. The number of benzene rings is 1. The molecule has 0 bridgehead atoms. The molecule has 0 radical (unpaired) electrons. The molecule has 3 rings (SSSR count). The molecule has 0 fully saturated rings. The Hall–Kier alpha value is -1.79. The highest BCUT2D eigenvalue weighted by Crippen LogP contribution is 2.21. The van der Waals surface area contributed by atoms with Crippen molar-refractivity contribution in [2.75, 3.05) is 13.1 Å². The van der Waals surface area contributed by atoms with Gasteiger partial charge in [0.25, 0.3) is 0 Å². The van der Waals surface area contributed by atoms with E-state index >= 15 is 0 Å². The van der Waals surface area contributed by atoms with Crippen molar-refractivity contribution in [3.63, 3.8) is 0 Å². The van der Waals surface area contributed by atoms with Crippen LogP contribution in [0.3, 0.4) is 0 Å². The molecule has 27 heavy (non-hydrogen) atoms. The normalized spacial score (nSPS) is 14.1. The largest absolute Gasteiger partial charge is 0.357 e. The standard InChI is InChI=1S/C19H26Cl2N6/c1-2-22-19(23-10-5-6-14-8-9-15(20)12-16(14)21)24-13-18-26-25-17-7-3-4-11-27(17)18/h8-9,12H,2-7,10-11,13H2,1H3,(H2,22,23,24). The topological polar surface area (TPSA) is 67.1 Å². The predicted molar refractivity (Wildman–Crippen MR) is 111 cm³/mol. The summed E-state index contributed by atoms with van der Waals surface area (Å²) in [6.07, 6.45) is 5.24. The molecule has 0 aliphatic carbocycles. The molecule has 2 N–H and O–H groups in total. The Labute approximate surface area is 170 Å². The lowest BCUT2D eigenvalue weighted by molar-refractivity contribution is 0.508. The Balaban J connectivity index is 1.51. The Morgan fingerprint density at radius 3 is 2.93 bits per heavy atom. The molecule has 1 aliphatic heterocycles. The molecule has 0 saturated heterocycles. The summed E-state index contributed by atoms with van der Waals surface area (Å²) in [6, 6.07) is 5.65. The lowest BCUT2D eigenvalue weighted by atomic mass is 10.1. The van der Waals surface area contributed by atoms with Crippen molar-refractivity contribution in [3.8, 4) is 0 Å². The van der Waals surface area contributed by atoms with Crippen molar-refractivity contribution < 1.29 is 0 Å². The second-order valence-corrected chi connectivity index (χ2v) is 7.45. The summed E-state index contributed by atoms with van der Waals surface area (Å²) in [4.78, 5) is 4.67. The van der Waals surface area contributed by atoms with Gasteiger partial charge in [0.2, 0.25) is 0 Å². The van der Waals surface area contributed by atoms with Gasteiger partial charge in [-0.2, -0.15) is 0 Å². The van der Waals surface area contributed by atoms with E-state index in [0.29, 0.717) is 11.6 Å². The Morgan fingerprint density at radius 1 is 1.22 bits per heavy atom. The number of rotatable bonds is 7. The number of aromatic nitrogens is 3. The molecule has 0 atom stereocenters. The van der Waals surface area contributed by atoms with Gasteiger partial charge < -0.3 is 15.2 Å². The minimum Gasteiger partial charge on any atom is -0.357 e. The van der Waals surface area contributed by atoms with E-state index in [4.69, 9.17) is 23.2 Å². The molecule has 146 valence electrons. The van der Waals surface area contributed by atoms with Crippen molar-refractivity contribution in [1.29, 1.82) is 0 Å². The number of aryl methyl sites for hydroxylation is 2. The Bertz CT molecular complexity index is 787. The molecule has 6 nitrogen and oxygen atoms in total. The molecule has 2 heterocycles. The van der Waals surface area contributed by atoms with E-state index in [1.807, 2.05) is 12.1 Å². The molecule has 1 aromatic heterocycles. The lowest BCUT2D eigenvalue weighted by Crippen LogP contribution is -2.38. The summed E-state index contributed by atoms with van der Waals surface area (Å²) in [7, 11) is 0. The number of hydrogen-bond acceptors (Lipinski definition) is 3. The number of aliphatic imine (C=N–C) groups is 1. The first kappa shape index (κ1) is 20.0. The number of fused-ring (bicyclic) bond motifs is 1. The highest BCUT2D eigenvalue weighted by Gasteiger charge is 2.15. The number of nitrogens with zero attached hydrogens (tertiary/aromatic N) is 4. The molecule has 0 unspecified atom stereocenters. The fraction of sp³-hybridized carbons (Fsp3) is 0.526. The Kier molecular flexibility index (Phi) is 7.35. The third-order valence-corrected chi connectivity index (χ3v) is 5.18. The van der Waals surface area contributed by atoms with Gasteiger partial charge in [-0.15, -0.1) is 10.2 Å². The molecule has 0 spiro atoms. The van der Waals surface area contributed by atoms with Crippen LogP contribution in [0.4, 0.5) is 0 Å². The zero-order chi connectivity index (χ0) is 19.1. The van der Waals surface area contributed by atoms with Gasteiger partial charge in [-0.05, 0) is 50.3 Å². The van der Waals surface area contributed by atoms with Gasteiger partial charge in [0.05, 0.1) is 0 Å². The fourth-order valence-corrected chi connectivity index (χ4v) is 3.69. The van der Waals surface area contributed by atoms with Gasteiger partial charge in [-0.25, -0.2) is 4.99 Å². The summed E-state index contributed by atoms with van der Waals surface area (Å²) in [5.41, 5.74) is 1.11. The van der Waals surface area contributed by atoms with Crippen LogP contribution in [0.5, 0.6) is 0 Å². The van der Waals surface area contributed by atoms with Gasteiger partial charge in [0, 0.05) is 36.1 Å². The fourth-order valence-electron chi connectivity index (χ4n) is 3.19. The molecular weight excluding hydrogens is 383 g/mol. The SMILES string of the molecule is CCNC(=NCc1nnc2n1CCCC2)NCCCc1ccc(Cl)cc1Cl. The highest BCUT2D eigenvalue weighted by molar-refractivity contribution is 6.35. The van der Waals surface area contributed by atoms with E-state index in [-0.39, 0.29) is 0 Å². The van der Waals surface area contributed by atoms with Crippen LogP contribution < -0.4 is 10.6 Å². The third-order valence-electron chi connectivity index (χ3n) is 4.59. The van der Waals surface area contributed by atoms with Gasteiger partial charge >= 0.3 is 0 Å². The molecule has 2 aromatic rings. The van der Waals surface area contributed by atoms with Crippen LogP contribution in [-0.4, -0.2) is 33.8 Å². The molecular formula is C19H26Cl2N6. The van der Waals surface area contributed by atoms with Crippen LogP contribution in [-0.2, 0) is 25.9 Å². The molecule has 1 aliphatic rings. The van der Waals surface area contributed by atoms with Crippen molar-refractivity contribution in [2.45, 2.75) is 52.1 Å². The summed E-state index contributed by atoms with van der Waals surface area (Å²) >= 11 is 12.2. The molecule has 8 heteroatoms. The summed E-state index contributed by atoms with van der Waals surface area (Å²) in [6.45, 7) is 5.21. The summed E-state index contributed by atoms with van der Waals surface area (Å²) in [5, 5.41) is 16.6. The van der Waals surface area contributed by atoms with E-state index in [0.717, 1.165) is 67.1 Å². The maximum atomic E-state index is 6.23. The smallest absolute Gasteiger partial charge is 0.191 e. The zero-order valence-corrected chi connectivity index (χ0v) is 17.2. The first-order valence-corrected chi connectivity index (χ1v) is 10.3. The van der Waals surface area contributed by atoms with Crippen molar-refractivity contribution >= 4 is 29.2 Å². The number of guanidine groups is 1. The Morgan fingerprint density at radius 2 is 2.11 bits per heavy atom. The van der Waals surface area contributed by atoms with E-state index in [1.165, 1.54) is 12.8 Å². The van der Waals surface area contributed by atoms with Crippen molar-refractivity contribution in [2.24, 2.45) is 4.99 Å². The second-order valence-electron chi connectivity index (χ2n) is 6.60. The van der Waals surface area contributed by atoms with Crippen LogP contribution in [0.2, 0.25) is 10.0 Å². The lowest BCUT2D eigenvalue weighted by Gasteiger charge is -2.14. The predicted octanol–water partition coefficient (Wildman–Crippen LogP) is 3.61. The van der Waals surface area contributed by atoms with Crippen LogP contribution in [0.1, 0.15) is 43.4 Å². The monoisotopic (exact) mass is 408 g/mol. The maximum Gasteiger partial charge on any atom is 0.191 e. The van der Waals surface area contributed by atoms with Crippen LogP contribution in [0.15, 0.2) is 23.2 Å². The van der Waals surface area contributed by atoms with Crippen LogP contribution >= 0.6 is 23.2 Å². The minimum atomic E-state index is 0.533. The van der Waals surface area contributed by atoms with E-state index in [9.17, 15) is 0 Å². The van der Waals surface area contributed by atoms with Gasteiger partial charge in [0.15, 0.2) is 11.8 Å². The van der Waals surface area contributed by atoms with Crippen molar-refractivity contribution in [3.05, 3.63) is 45.5 Å². The molecule has 1 aromatic carbocycles. The van der Waals surface area contributed by atoms with E-state index in [2.05, 4.69) is 37.3 Å². The average molecular weight is 409 g/mol. The van der Waals surface area contributed by atoms with Gasteiger partial charge in [-0.3, -0.25) is 0 Å². The zero-order valence-electron chi connectivity index (χ0n) is 15.6. The van der Waals surface area contributed by atoms with Crippen LogP contribution in [0.25, 0.3) is 0 Å².